The number of phosphoric acid groups is 1. The number of hydrogen-bond donors (Lipinski definition) is 6. The van der Waals surface area contributed by atoms with Crippen molar-refractivity contribution in [3.05, 3.63) is 251 Å². The van der Waals surface area contributed by atoms with E-state index in [2.05, 4.69) is 93.4 Å². The molecule has 0 saturated heterocycles. The highest BCUT2D eigenvalue weighted by Gasteiger charge is 2.56. The largest absolute Gasteiger partial charge is 0.524 e. The third-order valence-electron chi connectivity index (χ3n) is 18.6. The molecule has 390 valence electrons. The number of fused-ring (bicyclic) bond motifs is 32. The number of nitrogens with one attached hydrogen (secondary N) is 3. The molecule has 1 heterocycles. The number of carbonyl (C=O) groups excluding carboxylic acids is 3. The number of phosphoric ester groups is 1. The van der Waals surface area contributed by atoms with Gasteiger partial charge in [-0.3, -0.25) is 24.7 Å². The molecule has 79 heavy (non-hydrogen) atoms. The molecule has 7 N–H and O–H groups in total. The molecule has 16 rings (SSSR count). The maximum absolute atomic E-state index is 13.5. The summed E-state index contributed by atoms with van der Waals surface area (Å²) in [7, 11) is -5.03. The number of aromatic nitrogens is 1. The van der Waals surface area contributed by atoms with Crippen molar-refractivity contribution >= 4 is 37.4 Å². The van der Waals surface area contributed by atoms with Crippen LogP contribution in [-0.2, 0) is 22.5 Å². The van der Waals surface area contributed by atoms with E-state index in [1.807, 2.05) is 30.3 Å². The Labute approximate surface area is 453 Å². The van der Waals surface area contributed by atoms with Crippen LogP contribution in [0, 0.1) is 0 Å². The van der Waals surface area contributed by atoms with Crippen LogP contribution in [0.5, 0.6) is 11.5 Å². The normalized spacial score (nSPS) is 22.8. The molecule has 8 aromatic rings. The van der Waals surface area contributed by atoms with Crippen LogP contribution in [0.2, 0.25) is 0 Å². The van der Waals surface area contributed by atoms with Crippen molar-refractivity contribution < 1.29 is 42.7 Å². The Morgan fingerprint density at radius 2 is 0.937 bits per heavy atom. The zero-order chi connectivity index (χ0) is 53.2. The minimum absolute atomic E-state index is 0.0140. The molecule has 0 unspecified atom stereocenters. The van der Waals surface area contributed by atoms with Gasteiger partial charge in [0.15, 0.2) is 0 Å². The van der Waals surface area contributed by atoms with Gasteiger partial charge in [-0.15, -0.1) is 4.99 Å². The van der Waals surface area contributed by atoms with Crippen molar-refractivity contribution in [2.45, 2.75) is 86.2 Å². The van der Waals surface area contributed by atoms with Crippen LogP contribution in [-0.4, -0.2) is 38.6 Å². The summed E-state index contributed by atoms with van der Waals surface area (Å²) in [6.07, 6.45) is 2.68. The van der Waals surface area contributed by atoms with Gasteiger partial charge in [-0.05, 0) is 128 Å². The Hall–Kier alpha value is -8.55. The second-order valence-corrected chi connectivity index (χ2v) is 23.6. The molecular formula is C64H50N5O9P. The molecule has 0 aliphatic heterocycles. The highest BCUT2D eigenvalue weighted by molar-refractivity contribution is 7.46. The molecule has 8 atom stereocenters. The van der Waals surface area contributed by atoms with Gasteiger partial charge in [0.2, 0.25) is 5.96 Å². The zero-order valence-corrected chi connectivity index (χ0v) is 43.3. The second-order valence-electron chi connectivity index (χ2n) is 22.5. The monoisotopic (exact) mass is 1060 g/mol. The van der Waals surface area contributed by atoms with Gasteiger partial charge in [0, 0.05) is 75.3 Å². The van der Waals surface area contributed by atoms with Crippen LogP contribution >= 0.6 is 7.82 Å². The van der Waals surface area contributed by atoms with E-state index in [1.165, 1.54) is 78.9 Å². The molecule has 7 aromatic carbocycles. The molecule has 0 saturated carbocycles. The smallest absolute Gasteiger partial charge is 0.488 e. The summed E-state index contributed by atoms with van der Waals surface area (Å²) in [6.45, 7) is 0.182. The lowest BCUT2D eigenvalue weighted by Crippen LogP contribution is -2.37. The number of H-pyrrole nitrogens is 1. The lowest BCUT2D eigenvalue weighted by molar-refractivity contribution is 0.0972. The lowest BCUT2D eigenvalue weighted by atomic mass is 9.74. The molecule has 0 spiro atoms. The Morgan fingerprint density at radius 3 is 1.42 bits per heavy atom. The Kier molecular flexibility index (Phi) is 10.0. The van der Waals surface area contributed by atoms with E-state index in [-0.39, 0.29) is 48.3 Å². The van der Waals surface area contributed by atoms with Gasteiger partial charge in [0.25, 0.3) is 11.8 Å². The van der Waals surface area contributed by atoms with Gasteiger partial charge in [0.1, 0.15) is 36.1 Å². The fourth-order valence-corrected chi connectivity index (χ4v) is 16.0. The minimum Gasteiger partial charge on any atom is -0.488 e. The fraction of sp³-hybridized carbons (Fsp3) is 0.219. The third-order valence-corrected chi connectivity index (χ3v) is 19.0. The summed E-state index contributed by atoms with van der Waals surface area (Å²) in [5, 5.41) is 5.22. The van der Waals surface area contributed by atoms with E-state index in [9.17, 15) is 28.7 Å². The Morgan fingerprint density at radius 1 is 0.519 bits per heavy atom. The van der Waals surface area contributed by atoms with Crippen LogP contribution in [0.15, 0.2) is 145 Å². The van der Waals surface area contributed by atoms with Crippen LogP contribution in [0.4, 0.5) is 10.5 Å². The molecule has 8 aliphatic carbocycles. The number of guanidine groups is 1. The van der Waals surface area contributed by atoms with Gasteiger partial charge >= 0.3 is 13.9 Å². The molecule has 1 aromatic heterocycles. The van der Waals surface area contributed by atoms with Crippen molar-refractivity contribution in [3.63, 3.8) is 0 Å². The van der Waals surface area contributed by atoms with Crippen molar-refractivity contribution in [1.82, 2.24) is 10.3 Å². The van der Waals surface area contributed by atoms with Crippen molar-refractivity contribution in [1.29, 1.82) is 0 Å². The van der Waals surface area contributed by atoms with E-state index >= 15 is 0 Å². The first-order valence-electron chi connectivity index (χ1n) is 27.0. The summed E-state index contributed by atoms with van der Waals surface area (Å²) >= 11 is 0. The van der Waals surface area contributed by atoms with E-state index in [0.717, 1.165) is 64.8 Å². The summed E-state index contributed by atoms with van der Waals surface area (Å²) in [5.74, 6) is 0.437. The van der Waals surface area contributed by atoms with E-state index in [4.69, 9.17) is 19.7 Å². The lowest BCUT2D eigenvalue weighted by Gasteiger charge is -2.33. The van der Waals surface area contributed by atoms with E-state index in [0.29, 0.717) is 35.1 Å². The Bertz CT molecular complexity index is 3950. The van der Waals surface area contributed by atoms with E-state index < -0.39 is 31.7 Å². The number of amides is 3. The molecular weight excluding hydrogens is 1010 g/mol. The number of carbonyl (C=O) groups is 3. The summed E-state index contributed by atoms with van der Waals surface area (Å²) in [4.78, 5) is 66.7. The number of ether oxygens (including phenoxy) is 2. The summed E-state index contributed by atoms with van der Waals surface area (Å²) < 4.78 is 31.7. The van der Waals surface area contributed by atoms with Gasteiger partial charge in [-0.1, -0.05) is 115 Å². The van der Waals surface area contributed by atoms with Crippen LogP contribution in [0.3, 0.4) is 0 Å². The van der Waals surface area contributed by atoms with Crippen molar-refractivity contribution in [3.8, 4) is 11.5 Å². The number of benzene rings is 7. The summed E-state index contributed by atoms with van der Waals surface area (Å²) in [5.41, 5.74) is 27.9. The molecule has 0 fully saturated rings. The van der Waals surface area contributed by atoms with Gasteiger partial charge in [-0.25, -0.2) is 9.36 Å². The van der Waals surface area contributed by atoms with Crippen molar-refractivity contribution in [2.75, 3.05) is 5.32 Å². The number of nitrogens with zero attached hydrogens (tertiary/aromatic N) is 1. The van der Waals surface area contributed by atoms with Gasteiger partial charge in [0.05, 0.1) is 0 Å². The predicted molar refractivity (Wildman–Crippen MR) is 293 cm³/mol. The average molecular weight is 1060 g/mol. The highest BCUT2D eigenvalue weighted by atomic mass is 31.2. The molecule has 14 nitrogen and oxygen atoms in total. The number of rotatable bonds is 10. The molecule has 3 amide bonds. The zero-order valence-electron chi connectivity index (χ0n) is 42.4. The number of nitrogens with two attached hydrogens (primary N) is 1. The number of hydrogen-bond acceptors (Lipinski definition) is 7. The van der Waals surface area contributed by atoms with E-state index in [1.54, 1.807) is 24.3 Å². The van der Waals surface area contributed by atoms with Gasteiger partial charge < -0.3 is 30.0 Å². The first-order valence-corrected chi connectivity index (χ1v) is 28.5. The highest BCUT2D eigenvalue weighted by Crippen LogP contribution is 2.72. The predicted octanol–water partition coefficient (Wildman–Crippen LogP) is 11.6. The molecule has 8 aliphatic rings. The molecule has 15 heteroatoms. The molecule has 8 bridgehead atoms. The molecule has 0 radical (unpaired) electrons. The SMILES string of the molecule is N/C(=N\C(=O)OCc1ccccc1)NC(=O)c1ccc(C(=O)Nc2ccc(COc3c4c(c(OP(=O)(O)O)c5c3[C@H]3C[C@@H]5c5cc6c(cc53)[C@H]3C[C@@H]6c5ccccc53)[C@H]3C[C@@H]4c4cc5c(cc43)[C@H]3C[C@@H]5c4ccccc43)cc2)[nH]1. The first kappa shape index (κ1) is 46.5. The topological polar surface area (TPSA) is 215 Å². The van der Waals surface area contributed by atoms with Crippen LogP contribution < -0.4 is 25.6 Å². The van der Waals surface area contributed by atoms with Crippen LogP contribution in [0.25, 0.3) is 0 Å². The first-order chi connectivity index (χ1) is 38.4. The number of anilines is 1. The van der Waals surface area contributed by atoms with Crippen LogP contribution in [0.1, 0.15) is 194 Å². The standard InChI is InChI=1S/C64H50N5O9P/c65-63(69-64(72)77-29-30-8-2-1-3-9-30)68-62(71)54-19-18-53(67-54)61(70)66-32-16-14-31(15-17-32)28-76-59-55-49-26-51(47-24-43-39-20-37(41(43)22-45(47)49)33-10-4-6-12-35(33)39)57(55)60(78-79(73,74)75)58-52-27-50(56(58)59)46-23-42-38-21-40(44(42)25-48(46)52)36-13-7-5-11-34(36)38/h1-19,22-25,37-40,49-52,67H,20-21,26-29H2,(H,66,70)(H2,73,74,75)(H3,65,68,69,71,72)/t37-,38+,39+,40-,49-,50+,51+,52-. The third kappa shape index (κ3) is 7.07. The maximum atomic E-state index is 13.5. The quantitative estimate of drug-likeness (QED) is 0.0433. The maximum Gasteiger partial charge on any atom is 0.524 e. The fourth-order valence-electron chi connectivity index (χ4n) is 15.6. The Balaban J connectivity index is 0.703. The minimum atomic E-state index is -5.03. The van der Waals surface area contributed by atoms with Gasteiger partial charge in [-0.2, -0.15) is 0 Å². The average Bonchev–Trinajstić information content (AvgIpc) is 3.02. The van der Waals surface area contributed by atoms with Crippen molar-refractivity contribution in [2.24, 2.45) is 10.7 Å². The second kappa shape index (κ2) is 17.0. The number of aliphatic imine (C=N–C) groups is 1. The number of aromatic amines is 1. The summed E-state index contributed by atoms with van der Waals surface area (Å²) in [6, 6.07) is 46.7.